The summed E-state index contributed by atoms with van der Waals surface area (Å²) in [6, 6.07) is 3.68. The molecule has 1 unspecified atom stereocenters. The van der Waals surface area contributed by atoms with E-state index in [2.05, 4.69) is 10.6 Å². The Bertz CT molecular complexity index is 356. The molecule has 1 aromatic rings. The lowest BCUT2D eigenvalue weighted by Crippen LogP contribution is -2.31. The fourth-order valence-corrected chi connectivity index (χ4v) is 2.43. The lowest BCUT2D eigenvalue weighted by molar-refractivity contribution is -0.122. The number of amides is 1. The van der Waals surface area contributed by atoms with Crippen molar-refractivity contribution in [2.75, 3.05) is 13.1 Å². The molecule has 2 heterocycles. The summed E-state index contributed by atoms with van der Waals surface area (Å²) in [5.41, 5.74) is 0. The van der Waals surface area contributed by atoms with Gasteiger partial charge in [-0.25, -0.2) is 0 Å². The van der Waals surface area contributed by atoms with Gasteiger partial charge in [0.2, 0.25) is 5.91 Å². The molecule has 0 spiro atoms. The third kappa shape index (κ3) is 3.88. The van der Waals surface area contributed by atoms with E-state index >= 15 is 0 Å². The summed E-state index contributed by atoms with van der Waals surface area (Å²) in [4.78, 5) is 11.8. The van der Waals surface area contributed by atoms with Crippen LogP contribution in [0.25, 0.3) is 0 Å². The first-order valence-electron chi connectivity index (χ1n) is 6.79. The van der Waals surface area contributed by atoms with Crippen LogP contribution in [0.3, 0.4) is 0 Å². The summed E-state index contributed by atoms with van der Waals surface area (Å²) in [5, 5.41) is 6.34. The second-order valence-electron chi connectivity index (χ2n) is 5.06. The zero-order valence-corrected chi connectivity index (χ0v) is 10.9. The van der Waals surface area contributed by atoms with Crippen molar-refractivity contribution < 1.29 is 9.21 Å². The maximum Gasteiger partial charge on any atom is 0.220 e. The first kappa shape index (κ1) is 13.1. The minimum atomic E-state index is -0.0445. The fraction of sp³-hybridized carbons (Fsp3) is 0.643. The van der Waals surface area contributed by atoms with E-state index in [4.69, 9.17) is 4.42 Å². The molecule has 2 rings (SSSR count). The van der Waals surface area contributed by atoms with Crippen molar-refractivity contribution in [3.05, 3.63) is 24.2 Å². The van der Waals surface area contributed by atoms with Crippen LogP contribution in [0.1, 0.15) is 44.4 Å². The molecule has 1 amide bonds. The molecule has 2 N–H and O–H groups in total. The fourth-order valence-electron chi connectivity index (χ4n) is 2.43. The van der Waals surface area contributed by atoms with E-state index in [0.717, 1.165) is 25.3 Å². The SMILES string of the molecule is C[C@H](NC(=O)CCC1CCCNC1)c1ccco1. The number of piperidine rings is 1. The summed E-state index contributed by atoms with van der Waals surface area (Å²) >= 11 is 0. The molecule has 4 heteroatoms. The number of carbonyl (C=O) groups excluding carboxylic acids is 1. The lowest BCUT2D eigenvalue weighted by atomic mass is 9.94. The monoisotopic (exact) mass is 250 g/mol. The number of carbonyl (C=O) groups is 1. The quantitative estimate of drug-likeness (QED) is 0.842. The molecule has 0 aromatic carbocycles. The number of hydrogen-bond acceptors (Lipinski definition) is 3. The van der Waals surface area contributed by atoms with E-state index in [0.29, 0.717) is 12.3 Å². The minimum absolute atomic E-state index is 0.0445. The molecule has 1 aliphatic rings. The summed E-state index contributed by atoms with van der Waals surface area (Å²) in [6.45, 7) is 4.12. The van der Waals surface area contributed by atoms with Gasteiger partial charge in [0, 0.05) is 6.42 Å². The van der Waals surface area contributed by atoms with Gasteiger partial charge in [-0.05, 0) is 57.3 Å². The van der Waals surface area contributed by atoms with Crippen LogP contribution in [0.4, 0.5) is 0 Å². The van der Waals surface area contributed by atoms with E-state index in [9.17, 15) is 4.79 Å². The first-order chi connectivity index (χ1) is 8.75. The highest BCUT2D eigenvalue weighted by Crippen LogP contribution is 2.17. The molecule has 2 atom stereocenters. The van der Waals surface area contributed by atoms with Crippen LogP contribution in [-0.4, -0.2) is 19.0 Å². The van der Waals surface area contributed by atoms with Gasteiger partial charge < -0.3 is 15.1 Å². The van der Waals surface area contributed by atoms with Crippen LogP contribution in [0.15, 0.2) is 22.8 Å². The summed E-state index contributed by atoms with van der Waals surface area (Å²) in [6.07, 6.45) is 5.69. The second-order valence-corrected chi connectivity index (χ2v) is 5.06. The van der Waals surface area contributed by atoms with Gasteiger partial charge in [0.15, 0.2) is 0 Å². The van der Waals surface area contributed by atoms with Crippen molar-refractivity contribution in [2.45, 2.75) is 38.6 Å². The van der Waals surface area contributed by atoms with Gasteiger partial charge in [-0.3, -0.25) is 4.79 Å². The zero-order chi connectivity index (χ0) is 12.8. The molecule has 4 nitrogen and oxygen atoms in total. The van der Waals surface area contributed by atoms with E-state index in [-0.39, 0.29) is 11.9 Å². The Hall–Kier alpha value is -1.29. The number of hydrogen-bond donors (Lipinski definition) is 2. The lowest BCUT2D eigenvalue weighted by Gasteiger charge is -2.22. The van der Waals surface area contributed by atoms with Crippen LogP contribution in [0.5, 0.6) is 0 Å². The number of nitrogens with one attached hydrogen (secondary N) is 2. The number of furan rings is 1. The van der Waals surface area contributed by atoms with Gasteiger partial charge in [-0.1, -0.05) is 0 Å². The van der Waals surface area contributed by atoms with Gasteiger partial charge >= 0.3 is 0 Å². The maximum absolute atomic E-state index is 11.8. The van der Waals surface area contributed by atoms with Gasteiger partial charge in [0.1, 0.15) is 5.76 Å². The molecule has 0 bridgehead atoms. The third-order valence-corrected chi connectivity index (χ3v) is 3.53. The van der Waals surface area contributed by atoms with Crippen LogP contribution in [0, 0.1) is 5.92 Å². The van der Waals surface area contributed by atoms with E-state index in [1.807, 2.05) is 19.1 Å². The predicted octanol–water partition coefficient (Wildman–Crippen LogP) is 2.24. The van der Waals surface area contributed by atoms with Crippen LogP contribution < -0.4 is 10.6 Å². The van der Waals surface area contributed by atoms with E-state index in [1.54, 1.807) is 6.26 Å². The molecule has 100 valence electrons. The molecular weight excluding hydrogens is 228 g/mol. The molecule has 1 aliphatic heterocycles. The van der Waals surface area contributed by atoms with Crippen molar-refractivity contribution in [3.63, 3.8) is 0 Å². The largest absolute Gasteiger partial charge is 0.467 e. The minimum Gasteiger partial charge on any atom is -0.467 e. The van der Waals surface area contributed by atoms with Gasteiger partial charge in [-0.15, -0.1) is 0 Å². The average molecular weight is 250 g/mol. The Morgan fingerprint density at radius 1 is 1.67 bits per heavy atom. The first-order valence-corrected chi connectivity index (χ1v) is 6.79. The second kappa shape index (κ2) is 6.59. The van der Waals surface area contributed by atoms with Gasteiger partial charge in [-0.2, -0.15) is 0 Å². The molecule has 18 heavy (non-hydrogen) atoms. The summed E-state index contributed by atoms with van der Waals surface area (Å²) in [5.74, 6) is 1.58. The Kier molecular flexibility index (Phi) is 4.81. The van der Waals surface area contributed by atoms with Crippen LogP contribution in [0.2, 0.25) is 0 Å². The highest BCUT2D eigenvalue weighted by Gasteiger charge is 2.16. The predicted molar refractivity (Wildman–Crippen MR) is 70.1 cm³/mol. The average Bonchev–Trinajstić information content (AvgIpc) is 2.91. The zero-order valence-electron chi connectivity index (χ0n) is 10.9. The molecule has 0 radical (unpaired) electrons. The van der Waals surface area contributed by atoms with Crippen LogP contribution >= 0.6 is 0 Å². The Morgan fingerprint density at radius 2 is 2.56 bits per heavy atom. The van der Waals surface area contributed by atoms with Crippen molar-refractivity contribution in [3.8, 4) is 0 Å². The Morgan fingerprint density at radius 3 is 3.22 bits per heavy atom. The third-order valence-electron chi connectivity index (χ3n) is 3.53. The smallest absolute Gasteiger partial charge is 0.220 e. The summed E-state index contributed by atoms with van der Waals surface area (Å²) < 4.78 is 5.27. The Labute approximate surface area is 108 Å². The van der Waals surface area contributed by atoms with Crippen molar-refractivity contribution in [1.29, 1.82) is 0 Å². The maximum atomic E-state index is 11.8. The van der Waals surface area contributed by atoms with Crippen molar-refractivity contribution >= 4 is 5.91 Å². The summed E-state index contributed by atoms with van der Waals surface area (Å²) in [7, 11) is 0. The van der Waals surface area contributed by atoms with Gasteiger partial charge in [0.05, 0.1) is 12.3 Å². The molecule has 0 saturated carbocycles. The topological polar surface area (TPSA) is 54.3 Å². The molecule has 0 aliphatic carbocycles. The standard InChI is InChI=1S/C14H22N2O2/c1-11(13-5-3-9-18-13)16-14(17)7-6-12-4-2-8-15-10-12/h3,5,9,11-12,15H,2,4,6-8,10H2,1H3,(H,16,17)/t11-,12?/m0/s1. The highest BCUT2D eigenvalue weighted by molar-refractivity contribution is 5.76. The van der Waals surface area contributed by atoms with Gasteiger partial charge in [0.25, 0.3) is 0 Å². The van der Waals surface area contributed by atoms with Crippen molar-refractivity contribution in [1.82, 2.24) is 10.6 Å². The van der Waals surface area contributed by atoms with Crippen LogP contribution in [-0.2, 0) is 4.79 Å². The number of rotatable bonds is 5. The Balaban J connectivity index is 1.68. The molecule has 1 aromatic heterocycles. The normalized spacial score (nSPS) is 21.5. The van der Waals surface area contributed by atoms with E-state index < -0.39 is 0 Å². The van der Waals surface area contributed by atoms with Crippen molar-refractivity contribution in [2.24, 2.45) is 5.92 Å². The molecule has 1 fully saturated rings. The molecule has 1 saturated heterocycles. The highest BCUT2D eigenvalue weighted by atomic mass is 16.3. The molecular formula is C14H22N2O2. The van der Waals surface area contributed by atoms with E-state index in [1.165, 1.54) is 12.8 Å².